The van der Waals surface area contributed by atoms with Crippen LogP contribution in [0, 0.1) is 5.82 Å². The first-order valence-electron chi connectivity index (χ1n) is 5.78. The van der Waals surface area contributed by atoms with Crippen molar-refractivity contribution < 1.29 is 18.1 Å². The number of aromatic nitrogens is 1. The third kappa shape index (κ3) is 3.27. The summed E-state index contributed by atoms with van der Waals surface area (Å²) in [5.41, 5.74) is 0.826. The molecule has 0 aliphatic carbocycles. The van der Waals surface area contributed by atoms with E-state index in [1.54, 1.807) is 18.2 Å². The predicted octanol–water partition coefficient (Wildman–Crippen LogP) is 2.32. The van der Waals surface area contributed by atoms with E-state index in [1.807, 2.05) is 0 Å². The molecular formula is C14H12FNO3S. The van der Waals surface area contributed by atoms with Gasteiger partial charge in [-0.1, -0.05) is 12.1 Å². The normalized spacial score (nSPS) is 11.9. The molecule has 1 aromatic carbocycles. The highest BCUT2D eigenvalue weighted by Crippen LogP contribution is 2.15. The van der Waals surface area contributed by atoms with E-state index >= 15 is 0 Å². The predicted molar refractivity (Wildman–Crippen MR) is 72.1 cm³/mol. The van der Waals surface area contributed by atoms with Crippen molar-refractivity contribution in [2.24, 2.45) is 0 Å². The van der Waals surface area contributed by atoms with E-state index in [1.165, 1.54) is 31.5 Å². The Morgan fingerprint density at radius 2 is 2.05 bits per heavy atom. The van der Waals surface area contributed by atoms with Crippen molar-refractivity contribution in [2.75, 3.05) is 7.11 Å². The molecule has 0 bridgehead atoms. The Morgan fingerprint density at radius 1 is 1.30 bits per heavy atom. The number of esters is 1. The van der Waals surface area contributed by atoms with Gasteiger partial charge in [0.2, 0.25) is 0 Å². The molecule has 1 heterocycles. The molecule has 0 saturated carbocycles. The SMILES string of the molecule is COC(=O)c1ccc(CS(=O)c2ccccc2F)nc1. The maximum absolute atomic E-state index is 13.5. The van der Waals surface area contributed by atoms with Gasteiger partial charge in [0.25, 0.3) is 0 Å². The zero-order chi connectivity index (χ0) is 14.5. The summed E-state index contributed by atoms with van der Waals surface area (Å²) in [4.78, 5) is 15.4. The van der Waals surface area contributed by atoms with Gasteiger partial charge in [-0.3, -0.25) is 9.19 Å². The van der Waals surface area contributed by atoms with Crippen molar-refractivity contribution in [2.45, 2.75) is 10.6 Å². The molecular weight excluding hydrogens is 281 g/mol. The molecule has 104 valence electrons. The number of benzene rings is 1. The fourth-order valence-electron chi connectivity index (χ4n) is 1.59. The van der Waals surface area contributed by atoms with Gasteiger partial charge in [0.1, 0.15) is 5.82 Å². The first-order valence-corrected chi connectivity index (χ1v) is 7.10. The van der Waals surface area contributed by atoms with Gasteiger partial charge in [0.15, 0.2) is 0 Å². The van der Waals surface area contributed by atoms with Crippen molar-refractivity contribution in [3.05, 3.63) is 59.7 Å². The lowest BCUT2D eigenvalue weighted by molar-refractivity contribution is 0.0600. The Balaban J connectivity index is 2.13. The van der Waals surface area contributed by atoms with Crippen LogP contribution >= 0.6 is 0 Å². The quantitative estimate of drug-likeness (QED) is 0.812. The highest BCUT2D eigenvalue weighted by molar-refractivity contribution is 7.84. The van der Waals surface area contributed by atoms with Gasteiger partial charge in [-0.15, -0.1) is 0 Å². The number of hydrogen-bond donors (Lipinski definition) is 0. The summed E-state index contributed by atoms with van der Waals surface area (Å²) in [5, 5.41) is 0. The zero-order valence-corrected chi connectivity index (χ0v) is 11.5. The summed E-state index contributed by atoms with van der Waals surface area (Å²) in [6.07, 6.45) is 1.35. The molecule has 1 atom stereocenters. The van der Waals surface area contributed by atoms with Gasteiger partial charge in [-0.05, 0) is 24.3 Å². The van der Waals surface area contributed by atoms with E-state index in [0.717, 1.165) is 0 Å². The lowest BCUT2D eigenvalue weighted by Crippen LogP contribution is -2.04. The van der Waals surface area contributed by atoms with E-state index in [-0.39, 0.29) is 10.6 Å². The second-order valence-corrected chi connectivity index (χ2v) is 5.37. The number of halogens is 1. The molecule has 20 heavy (non-hydrogen) atoms. The number of nitrogens with zero attached hydrogens (tertiary/aromatic N) is 1. The number of ether oxygens (including phenoxy) is 1. The van der Waals surface area contributed by atoms with Crippen molar-refractivity contribution >= 4 is 16.8 Å². The van der Waals surface area contributed by atoms with E-state index in [2.05, 4.69) is 9.72 Å². The number of pyridine rings is 1. The van der Waals surface area contributed by atoms with E-state index < -0.39 is 22.6 Å². The third-order valence-corrected chi connectivity index (χ3v) is 3.99. The van der Waals surface area contributed by atoms with Crippen LogP contribution in [0.1, 0.15) is 16.1 Å². The topological polar surface area (TPSA) is 56.3 Å². The number of methoxy groups -OCH3 is 1. The lowest BCUT2D eigenvalue weighted by atomic mass is 10.2. The van der Waals surface area contributed by atoms with Gasteiger partial charge in [0, 0.05) is 6.20 Å². The second kappa shape index (κ2) is 6.38. The van der Waals surface area contributed by atoms with Crippen molar-refractivity contribution in [3.8, 4) is 0 Å². The molecule has 1 unspecified atom stereocenters. The molecule has 0 radical (unpaired) electrons. The summed E-state index contributed by atoms with van der Waals surface area (Å²) in [5.74, 6) is -0.904. The van der Waals surface area contributed by atoms with Gasteiger partial charge < -0.3 is 4.74 Å². The largest absolute Gasteiger partial charge is 0.465 e. The van der Waals surface area contributed by atoms with Crippen LogP contribution in [0.15, 0.2) is 47.5 Å². The minimum Gasteiger partial charge on any atom is -0.465 e. The molecule has 0 N–H and O–H groups in total. The summed E-state index contributed by atoms with van der Waals surface area (Å²) in [7, 11) is -0.238. The average molecular weight is 293 g/mol. The Labute approximate surface area is 118 Å². The van der Waals surface area contributed by atoms with Gasteiger partial charge >= 0.3 is 5.97 Å². The molecule has 0 amide bonds. The molecule has 0 fully saturated rings. The molecule has 6 heteroatoms. The van der Waals surface area contributed by atoms with Crippen LogP contribution in [-0.2, 0) is 21.3 Å². The summed E-state index contributed by atoms with van der Waals surface area (Å²) in [6.45, 7) is 0. The molecule has 0 aliphatic heterocycles. The van der Waals surface area contributed by atoms with Crippen LogP contribution in [-0.4, -0.2) is 22.3 Å². The minimum atomic E-state index is -1.52. The van der Waals surface area contributed by atoms with E-state index in [9.17, 15) is 13.4 Å². The van der Waals surface area contributed by atoms with Crippen LogP contribution in [0.3, 0.4) is 0 Å². The minimum absolute atomic E-state index is 0.0857. The molecule has 2 rings (SSSR count). The molecule has 0 spiro atoms. The smallest absolute Gasteiger partial charge is 0.339 e. The number of hydrogen-bond acceptors (Lipinski definition) is 4. The fourth-order valence-corrected chi connectivity index (χ4v) is 2.70. The van der Waals surface area contributed by atoms with Gasteiger partial charge in [-0.25, -0.2) is 9.18 Å². The Kier molecular flexibility index (Phi) is 4.57. The maximum atomic E-state index is 13.5. The first kappa shape index (κ1) is 14.3. The first-order chi connectivity index (χ1) is 9.61. The molecule has 1 aromatic heterocycles. The number of rotatable bonds is 4. The Morgan fingerprint density at radius 3 is 2.65 bits per heavy atom. The van der Waals surface area contributed by atoms with Crippen LogP contribution in [0.25, 0.3) is 0 Å². The van der Waals surface area contributed by atoms with Crippen LogP contribution in [0.4, 0.5) is 4.39 Å². The van der Waals surface area contributed by atoms with Crippen molar-refractivity contribution in [1.29, 1.82) is 0 Å². The number of carbonyl (C=O) groups is 1. The summed E-state index contributed by atoms with van der Waals surface area (Å²) >= 11 is 0. The highest BCUT2D eigenvalue weighted by Gasteiger charge is 2.11. The van der Waals surface area contributed by atoms with E-state index in [0.29, 0.717) is 11.3 Å². The standard InChI is InChI=1S/C14H12FNO3S/c1-19-14(17)10-6-7-11(16-8-10)9-20(18)13-5-3-2-4-12(13)15/h2-8H,9H2,1H3. The van der Waals surface area contributed by atoms with Crippen molar-refractivity contribution in [3.63, 3.8) is 0 Å². The second-order valence-electron chi connectivity index (χ2n) is 3.95. The van der Waals surface area contributed by atoms with Crippen LogP contribution in [0.5, 0.6) is 0 Å². The fraction of sp³-hybridized carbons (Fsp3) is 0.143. The zero-order valence-electron chi connectivity index (χ0n) is 10.7. The van der Waals surface area contributed by atoms with E-state index in [4.69, 9.17) is 0 Å². The molecule has 2 aromatic rings. The van der Waals surface area contributed by atoms with Crippen LogP contribution < -0.4 is 0 Å². The molecule has 4 nitrogen and oxygen atoms in total. The molecule has 0 saturated heterocycles. The Bertz CT molecular complexity index is 643. The van der Waals surface area contributed by atoms with Gasteiger partial charge in [0.05, 0.1) is 39.8 Å². The summed E-state index contributed by atoms with van der Waals surface area (Å²) in [6, 6.07) is 9.02. The lowest BCUT2D eigenvalue weighted by Gasteiger charge is -2.04. The van der Waals surface area contributed by atoms with Crippen molar-refractivity contribution in [1.82, 2.24) is 4.98 Å². The monoisotopic (exact) mass is 293 g/mol. The average Bonchev–Trinajstić information content (AvgIpc) is 2.47. The molecule has 0 aliphatic rings. The summed E-state index contributed by atoms with van der Waals surface area (Å²) < 4.78 is 30.1. The Hall–Kier alpha value is -2.08. The highest BCUT2D eigenvalue weighted by atomic mass is 32.2. The number of carbonyl (C=O) groups excluding carboxylic acids is 1. The third-order valence-electron chi connectivity index (χ3n) is 2.61. The van der Waals surface area contributed by atoms with Crippen LogP contribution in [0.2, 0.25) is 0 Å². The van der Waals surface area contributed by atoms with Gasteiger partial charge in [-0.2, -0.15) is 0 Å². The maximum Gasteiger partial charge on any atom is 0.339 e.